The van der Waals surface area contributed by atoms with Crippen molar-refractivity contribution in [3.8, 4) is 0 Å². The molecule has 0 spiro atoms. The summed E-state index contributed by atoms with van der Waals surface area (Å²) in [5, 5.41) is 22.8. The van der Waals surface area contributed by atoms with E-state index < -0.39 is 24.1 Å². The minimum absolute atomic E-state index is 0.527. The fraction of sp³-hybridized carbons (Fsp3) is 0.333. The third kappa shape index (κ3) is 4.88. The summed E-state index contributed by atoms with van der Waals surface area (Å²) >= 11 is 3.29. The fourth-order valence-electron chi connectivity index (χ4n) is 1.51. The highest BCUT2D eigenvalue weighted by molar-refractivity contribution is 9.10. The Morgan fingerprint density at radius 1 is 1.32 bits per heavy atom. The lowest BCUT2D eigenvalue weighted by molar-refractivity contribution is -0.141. The van der Waals surface area contributed by atoms with Crippen LogP contribution in [-0.4, -0.2) is 34.4 Å². The number of carboxylic acid groups (broad SMARTS) is 1. The molecule has 0 aliphatic carbocycles. The number of carbonyl (C=O) groups excluding carboxylic acids is 1. The van der Waals surface area contributed by atoms with Gasteiger partial charge in [-0.2, -0.15) is 0 Å². The Morgan fingerprint density at radius 3 is 2.42 bits per heavy atom. The number of nitrogens with one attached hydrogen (secondary N) is 2. The van der Waals surface area contributed by atoms with Gasteiger partial charge in [0.2, 0.25) is 0 Å². The molecule has 0 bridgehead atoms. The highest BCUT2D eigenvalue weighted by atomic mass is 79.9. The van der Waals surface area contributed by atoms with Gasteiger partial charge in [0.1, 0.15) is 0 Å². The zero-order valence-corrected chi connectivity index (χ0v) is 12.1. The maximum Gasteiger partial charge on any atom is 0.328 e. The second kappa shape index (κ2) is 6.53. The highest BCUT2D eigenvalue weighted by Gasteiger charge is 2.24. The quantitative estimate of drug-likeness (QED) is 0.675. The molecule has 104 valence electrons. The Labute approximate surface area is 118 Å². The van der Waals surface area contributed by atoms with Crippen LogP contribution in [0, 0.1) is 6.92 Å². The summed E-state index contributed by atoms with van der Waals surface area (Å²) in [4.78, 5) is 22.5. The van der Waals surface area contributed by atoms with E-state index in [-0.39, 0.29) is 0 Å². The minimum atomic E-state index is -1.35. The number of anilines is 1. The number of amides is 2. The van der Waals surface area contributed by atoms with E-state index in [2.05, 4.69) is 26.6 Å². The summed E-state index contributed by atoms with van der Waals surface area (Å²) in [6.45, 7) is 3.16. The SMILES string of the molecule is Cc1cc(Br)cc(NC(=O)NC(C(=O)O)C(C)O)c1. The molecule has 0 aliphatic heterocycles. The van der Waals surface area contributed by atoms with Crippen molar-refractivity contribution < 1.29 is 19.8 Å². The highest BCUT2D eigenvalue weighted by Crippen LogP contribution is 2.18. The minimum Gasteiger partial charge on any atom is -0.480 e. The Kier molecular flexibility index (Phi) is 5.31. The normalized spacial score (nSPS) is 13.5. The van der Waals surface area contributed by atoms with Crippen molar-refractivity contribution in [3.05, 3.63) is 28.2 Å². The number of benzene rings is 1. The van der Waals surface area contributed by atoms with Crippen LogP contribution in [0.15, 0.2) is 22.7 Å². The van der Waals surface area contributed by atoms with E-state index in [1.807, 2.05) is 13.0 Å². The predicted molar refractivity (Wildman–Crippen MR) is 74.1 cm³/mol. The number of hydrogen-bond acceptors (Lipinski definition) is 3. The van der Waals surface area contributed by atoms with Crippen LogP contribution in [0.5, 0.6) is 0 Å². The number of aryl methyl sites for hydroxylation is 1. The van der Waals surface area contributed by atoms with Crippen molar-refractivity contribution in [1.29, 1.82) is 0 Å². The topological polar surface area (TPSA) is 98.7 Å². The molecule has 7 heteroatoms. The van der Waals surface area contributed by atoms with Crippen LogP contribution in [0.25, 0.3) is 0 Å². The van der Waals surface area contributed by atoms with Gasteiger partial charge in [-0.1, -0.05) is 15.9 Å². The van der Waals surface area contributed by atoms with Crippen LogP contribution < -0.4 is 10.6 Å². The first-order valence-electron chi connectivity index (χ1n) is 5.55. The van der Waals surface area contributed by atoms with Crippen molar-refractivity contribution in [2.24, 2.45) is 0 Å². The number of urea groups is 1. The van der Waals surface area contributed by atoms with Crippen LogP contribution in [0.2, 0.25) is 0 Å². The van der Waals surface area contributed by atoms with Crippen LogP contribution in [0.1, 0.15) is 12.5 Å². The average Bonchev–Trinajstić information content (AvgIpc) is 2.23. The third-order valence-electron chi connectivity index (χ3n) is 2.34. The Bertz CT molecular complexity index is 470. The molecule has 0 heterocycles. The van der Waals surface area contributed by atoms with Crippen LogP contribution in [-0.2, 0) is 4.79 Å². The monoisotopic (exact) mass is 330 g/mol. The lowest BCUT2D eigenvalue weighted by Crippen LogP contribution is -2.49. The zero-order chi connectivity index (χ0) is 14.6. The number of aliphatic hydroxyl groups is 1. The van der Waals surface area contributed by atoms with Gasteiger partial charge in [-0.05, 0) is 37.6 Å². The van der Waals surface area contributed by atoms with Gasteiger partial charge in [-0.25, -0.2) is 9.59 Å². The first-order valence-corrected chi connectivity index (χ1v) is 6.34. The molecule has 0 saturated carbocycles. The van der Waals surface area contributed by atoms with Crippen LogP contribution in [0.4, 0.5) is 10.5 Å². The summed E-state index contributed by atoms with van der Waals surface area (Å²) in [5.41, 5.74) is 1.47. The van der Waals surface area contributed by atoms with Crippen molar-refractivity contribution in [1.82, 2.24) is 5.32 Å². The average molecular weight is 331 g/mol. The molecule has 4 N–H and O–H groups in total. The molecule has 2 amide bonds. The summed E-state index contributed by atoms with van der Waals surface area (Å²) in [7, 11) is 0. The molecule has 2 atom stereocenters. The lowest BCUT2D eigenvalue weighted by atomic mass is 10.2. The predicted octanol–water partition coefficient (Wildman–Crippen LogP) is 1.71. The van der Waals surface area contributed by atoms with Gasteiger partial charge in [0.05, 0.1) is 6.10 Å². The number of carboxylic acids is 1. The van der Waals surface area contributed by atoms with E-state index in [4.69, 9.17) is 5.11 Å². The van der Waals surface area contributed by atoms with Gasteiger partial charge < -0.3 is 20.8 Å². The van der Waals surface area contributed by atoms with Crippen molar-refractivity contribution in [3.63, 3.8) is 0 Å². The Hall–Kier alpha value is -1.60. The smallest absolute Gasteiger partial charge is 0.328 e. The van der Waals surface area contributed by atoms with E-state index in [1.165, 1.54) is 6.92 Å². The lowest BCUT2D eigenvalue weighted by Gasteiger charge is -2.17. The zero-order valence-electron chi connectivity index (χ0n) is 10.5. The van der Waals surface area contributed by atoms with Crippen molar-refractivity contribution in [2.75, 3.05) is 5.32 Å². The van der Waals surface area contributed by atoms with E-state index >= 15 is 0 Å². The molecule has 0 radical (unpaired) electrons. The molecule has 0 fully saturated rings. The first kappa shape index (κ1) is 15.5. The Morgan fingerprint density at radius 2 is 1.95 bits per heavy atom. The van der Waals surface area contributed by atoms with E-state index in [0.29, 0.717) is 5.69 Å². The molecule has 0 aliphatic rings. The number of aliphatic hydroxyl groups excluding tert-OH is 1. The van der Waals surface area contributed by atoms with Crippen molar-refractivity contribution in [2.45, 2.75) is 26.0 Å². The van der Waals surface area contributed by atoms with E-state index in [1.54, 1.807) is 12.1 Å². The molecular weight excluding hydrogens is 316 g/mol. The third-order valence-corrected chi connectivity index (χ3v) is 2.79. The molecule has 0 saturated heterocycles. The summed E-state index contributed by atoms with van der Waals surface area (Å²) < 4.78 is 0.799. The molecular formula is C12H15BrN2O4. The number of halogens is 1. The second-order valence-corrected chi connectivity index (χ2v) is 5.09. The largest absolute Gasteiger partial charge is 0.480 e. The van der Waals surface area contributed by atoms with Gasteiger partial charge in [0.15, 0.2) is 6.04 Å². The van der Waals surface area contributed by atoms with Gasteiger partial charge in [-0.3, -0.25) is 0 Å². The standard InChI is InChI=1S/C12H15BrN2O4/c1-6-3-8(13)5-9(4-6)14-12(19)15-10(7(2)16)11(17)18/h3-5,7,10,16H,1-2H3,(H,17,18)(H2,14,15,19). The van der Waals surface area contributed by atoms with Crippen LogP contribution >= 0.6 is 15.9 Å². The number of aliphatic carboxylic acids is 1. The Balaban J connectivity index is 2.71. The summed E-state index contributed by atoms with van der Waals surface area (Å²) in [6.07, 6.45) is -1.19. The number of rotatable bonds is 4. The fourth-order valence-corrected chi connectivity index (χ4v) is 2.11. The summed E-state index contributed by atoms with van der Waals surface area (Å²) in [5.74, 6) is -1.30. The molecule has 0 aromatic heterocycles. The van der Waals surface area contributed by atoms with Gasteiger partial charge in [-0.15, -0.1) is 0 Å². The van der Waals surface area contributed by atoms with Crippen LogP contribution in [0.3, 0.4) is 0 Å². The first-order chi connectivity index (χ1) is 8.79. The van der Waals surface area contributed by atoms with Gasteiger partial charge in [0.25, 0.3) is 0 Å². The van der Waals surface area contributed by atoms with Crippen molar-refractivity contribution >= 4 is 33.6 Å². The maximum atomic E-state index is 11.6. The molecule has 19 heavy (non-hydrogen) atoms. The molecule has 1 aromatic carbocycles. The molecule has 2 unspecified atom stereocenters. The molecule has 6 nitrogen and oxygen atoms in total. The van der Waals surface area contributed by atoms with Gasteiger partial charge in [0, 0.05) is 10.2 Å². The van der Waals surface area contributed by atoms with E-state index in [0.717, 1.165) is 10.0 Å². The molecule has 1 rings (SSSR count). The molecule has 1 aromatic rings. The number of carbonyl (C=O) groups is 2. The maximum absolute atomic E-state index is 11.6. The van der Waals surface area contributed by atoms with Gasteiger partial charge >= 0.3 is 12.0 Å². The summed E-state index contributed by atoms with van der Waals surface area (Å²) in [6, 6.07) is 3.26. The number of hydrogen-bond donors (Lipinski definition) is 4. The second-order valence-electron chi connectivity index (χ2n) is 4.17. The van der Waals surface area contributed by atoms with E-state index in [9.17, 15) is 14.7 Å².